The highest BCUT2D eigenvalue weighted by Crippen LogP contribution is 2.36. The molecule has 0 bridgehead atoms. The Bertz CT molecular complexity index is 3220. The van der Waals surface area contributed by atoms with Gasteiger partial charge in [0.15, 0.2) is 23.0 Å². The minimum Gasteiger partial charge on any atom is -0.490 e. The molecule has 0 unspecified atom stereocenters. The van der Waals surface area contributed by atoms with Crippen molar-refractivity contribution in [2.24, 2.45) is 11.1 Å². The first-order chi connectivity index (χ1) is 39.1. The number of carbonyl (C=O) groups excluding carboxylic acids is 4. The van der Waals surface area contributed by atoms with E-state index in [0.717, 1.165) is 33.8 Å². The number of anilines is 2. The Balaban J connectivity index is 0.760. The van der Waals surface area contributed by atoms with Crippen LogP contribution in [-0.2, 0) is 41.7 Å². The average molecular weight is 1160 g/mol. The van der Waals surface area contributed by atoms with E-state index in [0.29, 0.717) is 35.4 Å². The molecule has 440 valence electrons. The van der Waals surface area contributed by atoms with Crippen LogP contribution in [0, 0.1) is 24.0 Å². The van der Waals surface area contributed by atoms with Crippen LogP contribution >= 0.6 is 11.3 Å². The van der Waals surface area contributed by atoms with Gasteiger partial charge in [-0.15, -0.1) is 11.3 Å². The van der Waals surface area contributed by atoms with E-state index in [1.54, 1.807) is 47.1 Å². The van der Waals surface area contributed by atoms with Gasteiger partial charge in [-0.1, -0.05) is 45.0 Å². The number of rotatable bonds is 24. The number of nitrogen functional groups attached to an aromatic ring is 1. The summed E-state index contributed by atoms with van der Waals surface area (Å²) in [5.74, 6) is -4.12. The molecule has 27 heteroatoms. The lowest BCUT2D eigenvalue weighted by molar-refractivity contribution is -0.144. The minimum absolute atomic E-state index is 0.000934. The van der Waals surface area contributed by atoms with Crippen LogP contribution in [0.3, 0.4) is 0 Å². The van der Waals surface area contributed by atoms with E-state index in [9.17, 15) is 38.2 Å². The lowest BCUT2D eigenvalue weighted by Crippen LogP contribution is -2.63. The smallest absolute Gasteiger partial charge is 0.265 e. The second-order valence-corrected chi connectivity index (χ2v) is 22.2. The molecule has 2 aromatic carbocycles. The van der Waals surface area contributed by atoms with Crippen molar-refractivity contribution in [2.75, 3.05) is 69.8 Å². The molecule has 0 aliphatic carbocycles. The molecule has 2 aliphatic rings. The van der Waals surface area contributed by atoms with Gasteiger partial charge in [0, 0.05) is 50.8 Å². The van der Waals surface area contributed by atoms with E-state index in [2.05, 4.69) is 40.9 Å². The summed E-state index contributed by atoms with van der Waals surface area (Å²) in [5.41, 5.74) is 16.0. The molecule has 0 spiro atoms. The van der Waals surface area contributed by atoms with Gasteiger partial charge in [-0.3, -0.25) is 24.2 Å². The van der Waals surface area contributed by atoms with Crippen LogP contribution in [0.25, 0.3) is 32.9 Å². The molecular formula is C55H67F4N13O9S. The Kier molecular flexibility index (Phi) is 19.7. The van der Waals surface area contributed by atoms with Crippen molar-refractivity contribution < 1.29 is 61.2 Å². The number of aryl methyl sites for hydroxylation is 1. The fourth-order valence-electron chi connectivity index (χ4n) is 9.86. The highest BCUT2D eigenvalue weighted by Gasteiger charge is 2.45. The van der Waals surface area contributed by atoms with E-state index in [4.69, 9.17) is 25.7 Å². The molecule has 0 radical (unpaired) electrons. The lowest BCUT2D eigenvalue weighted by Gasteiger charge is -2.44. The molecule has 22 nitrogen and oxygen atoms in total. The zero-order chi connectivity index (χ0) is 58.9. The molecule has 2 saturated heterocycles. The zero-order valence-corrected chi connectivity index (χ0v) is 46.6. The van der Waals surface area contributed by atoms with Crippen LogP contribution in [-0.4, -0.2) is 164 Å². The molecule has 2 fully saturated rings. The highest BCUT2D eigenvalue weighted by molar-refractivity contribution is 7.13. The summed E-state index contributed by atoms with van der Waals surface area (Å²) in [7, 11) is 0. The number of aliphatic hydroxyl groups is 2. The van der Waals surface area contributed by atoms with Crippen LogP contribution < -0.4 is 37.1 Å². The molecule has 0 saturated carbocycles. The number of ether oxygens (including phenoxy) is 3. The van der Waals surface area contributed by atoms with E-state index in [-0.39, 0.29) is 95.5 Å². The Morgan fingerprint density at radius 3 is 2.45 bits per heavy atom. The van der Waals surface area contributed by atoms with E-state index in [1.165, 1.54) is 29.8 Å². The average Bonchev–Trinajstić information content (AvgIpc) is 3.46. The van der Waals surface area contributed by atoms with Crippen LogP contribution in [0.4, 0.5) is 29.1 Å². The van der Waals surface area contributed by atoms with Crippen molar-refractivity contribution in [3.63, 3.8) is 0 Å². The number of hydrogen-bond donors (Lipinski definition) is 7. The number of aromatic nitrogens is 6. The van der Waals surface area contributed by atoms with Gasteiger partial charge in [-0.2, -0.15) is 0 Å². The third-order valence-corrected chi connectivity index (χ3v) is 15.2. The first-order valence-corrected chi connectivity index (χ1v) is 27.5. The number of β-amino-alcohol motifs (C(OH)–C–C–N with tert-alkyl or cyclic N) is 1. The maximum atomic E-state index is 15.8. The zero-order valence-electron chi connectivity index (χ0n) is 45.7. The first kappa shape index (κ1) is 60.7. The molecule has 4 aromatic heterocycles. The third kappa shape index (κ3) is 14.8. The minimum atomic E-state index is -3.08. The second-order valence-electron chi connectivity index (χ2n) is 21.4. The number of fused-ring (bicyclic) bond motifs is 1. The number of hydrogen-bond acceptors (Lipinski definition) is 18. The number of nitrogens with one attached hydrogen (secondary N) is 3. The summed E-state index contributed by atoms with van der Waals surface area (Å²) in [4.78, 5) is 78.4. The second kappa shape index (κ2) is 26.7. The van der Waals surface area contributed by atoms with Crippen LogP contribution in [0.2, 0.25) is 0 Å². The number of nitrogens with two attached hydrogens (primary N) is 2. The molecule has 6 aromatic rings. The number of carbonyl (C=O) groups is 4. The Morgan fingerprint density at radius 1 is 0.951 bits per heavy atom. The van der Waals surface area contributed by atoms with Crippen LogP contribution in [0.15, 0.2) is 66.8 Å². The highest BCUT2D eigenvalue weighted by atomic mass is 32.1. The van der Waals surface area contributed by atoms with Crippen molar-refractivity contribution in [3.05, 3.63) is 95.3 Å². The van der Waals surface area contributed by atoms with Crippen LogP contribution in [0.1, 0.15) is 63.3 Å². The van der Waals surface area contributed by atoms with Gasteiger partial charge >= 0.3 is 0 Å². The number of aliphatic hydroxyl groups excluding tert-OH is 2. The quantitative estimate of drug-likeness (QED) is 0.0334. The molecule has 9 N–H and O–H groups in total. The van der Waals surface area contributed by atoms with Gasteiger partial charge in [0.25, 0.3) is 6.43 Å². The largest absolute Gasteiger partial charge is 0.490 e. The standard InChI is InChI=1S/C55H67F4N13O9S/c1-31-46(82-30-68-31)33-8-6-32(7-9-33)22-64-52(77)40-19-35(73)25-72(40)53(78)47(54(2,3)4)69-44(75)26-80-17-16-79-15-12-62-43(74)10-14-81-42-21-37(56)36(20-38(42)57)39-18-34(24-71-29-67-45-50(60)65-28-66-51(45)71)41(23-63-39)70-13-5-11-55(61,27-70)48(76)49(58)59/h6-9,18,20-21,23,28-30,35,40,47-49,73,76H,5,10-17,19,22,24-27,61H2,1-4H3,(H,62,74)(H,64,77)(H,69,75)(H2,60,65,66)/t35-,40+,47-,48-,55-/m1/s1. The number of alkyl halides is 2. The van der Waals surface area contributed by atoms with Gasteiger partial charge < -0.3 is 66.2 Å². The molecule has 8 rings (SSSR count). The maximum absolute atomic E-state index is 15.8. The summed E-state index contributed by atoms with van der Waals surface area (Å²) < 4.78 is 76.9. The van der Waals surface area contributed by atoms with Crippen LogP contribution in [0.5, 0.6) is 5.75 Å². The fraction of sp³-hybridized carbons (Fsp3) is 0.473. The number of thiazole rings is 1. The summed E-state index contributed by atoms with van der Waals surface area (Å²) in [6.07, 6.45) is -1.62. The summed E-state index contributed by atoms with van der Waals surface area (Å²) >= 11 is 1.54. The number of nitrogens with zero attached hydrogens (tertiary/aromatic N) is 8. The predicted octanol–water partition coefficient (Wildman–Crippen LogP) is 3.88. The molecule has 6 heterocycles. The van der Waals surface area contributed by atoms with Crippen molar-refractivity contribution >= 4 is 57.6 Å². The van der Waals surface area contributed by atoms with Crippen molar-refractivity contribution in [3.8, 4) is 27.4 Å². The monoisotopic (exact) mass is 1160 g/mol. The Morgan fingerprint density at radius 2 is 1.72 bits per heavy atom. The summed E-state index contributed by atoms with van der Waals surface area (Å²) in [5, 5.41) is 29.2. The van der Waals surface area contributed by atoms with Gasteiger partial charge in [0.1, 0.15) is 42.5 Å². The number of benzene rings is 2. The van der Waals surface area contributed by atoms with Gasteiger partial charge in [0.05, 0.1) is 91.0 Å². The van der Waals surface area contributed by atoms with Gasteiger partial charge in [-0.05, 0) is 54.0 Å². The van der Waals surface area contributed by atoms with Gasteiger partial charge in [0.2, 0.25) is 23.6 Å². The van der Waals surface area contributed by atoms with E-state index < -0.39 is 89.3 Å². The number of pyridine rings is 1. The molecule has 4 amide bonds. The number of amides is 4. The first-order valence-electron chi connectivity index (χ1n) is 26.6. The summed E-state index contributed by atoms with van der Waals surface area (Å²) in [6, 6.07) is 9.01. The van der Waals surface area contributed by atoms with E-state index in [1.807, 2.05) is 31.2 Å². The molecular weight excluding hydrogens is 1090 g/mol. The Labute approximate surface area is 474 Å². The third-order valence-electron chi connectivity index (χ3n) is 14.2. The summed E-state index contributed by atoms with van der Waals surface area (Å²) in [6.45, 7) is 7.20. The SMILES string of the molecule is Cc1ncsc1-c1ccc(CNC(=O)[C@@H]2C[C@@H](O)CN2C(=O)[C@@H](NC(=O)COCCOCCNC(=O)CCOc2cc(F)c(-c3cc(Cn4cnc5c(N)ncnc54)c(N4CCC[C@](N)([C@H](O)C(F)F)C4)cn3)cc2F)C(C)(C)C)cc1. The van der Waals surface area contributed by atoms with Gasteiger partial charge in [-0.25, -0.2) is 37.5 Å². The number of likely N-dealkylation sites (tertiary alicyclic amines) is 1. The topological polar surface area (TPSA) is 300 Å². The normalized spacial score (nSPS) is 18.2. The number of piperidine rings is 1. The predicted molar refractivity (Wildman–Crippen MR) is 295 cm³/mol. The van der Waals surface area contributed by atoms with Crippen molar-refractivity contribution in [1.29, 1.82) is 0 Å². The van der Waals surface area contributed by atoms with Crippen molar-refractivity contribution in [1.82, 2.24) is 50.3 Å². The molecule has 5 atom stereocenters. The maximum Gasteiger partial charge on any atom is 0.265 e. The van der Waals surface area contributed by atoms with Crippen molar-refractivity contribution in [2.45, 2.75) is 103 Å². The number of imidazole rings is 1. The Hall–Kier alpha value is -7.43. The molecule has 2 aliphatic heterocycles. The fourth-order valence-corrected chi connectivity index (χ4v) is 10.7. The number of halogens is 4. The molecule has 82 heavy (non-hydrogen) atoms. The lowest BCUT2D eigenvalue weighted by atomic mass is 9.84. The van der Waals surface area contributed by atoms with E-state index >= 15 is 8.78 Å².